The van der Waals surface area contributed by atoms with E-state index in [0.717, 1.165) is 0 Å². The normalized spacial score (nSPS) is 9.56. The Morgan fingerprint density at radius 2 is 1.78 bits per heavy atom. The van der Waals surface area contributed by atoms with Crippen molar-refractivity contribution in [1.82, 2.24) is 0 Å². The van der Waals surface area contributed by atoms with E-state index in [2.05, 4.69) is 43.4 Å². The quantitative estimate of drug-likeness (QED) is 0.651. The number of hydrogen-bond acceptors (Lipinski definition) is 0. The second-order valence-electron chi connectivity index (χ2n) is 1.92. The van der Waals surface area contributed by atoms with Gasteiger partial charge in [-0.3, -0.25) is 0 Å². The van der Waals surface area contributed by atoms with Gasteiger partial charge in [-0.1, -0.05) is 0 Å². The monoisotopic (exact) mass is 379 g/mol. The van der Waals surface area contributed by atoms with Crippen LogP contribution in [0.2, 0.25) is 0 Å². The Hall–Kier alpha value is 0.583. The first-order valence-corrected chi connectivity index (χ1v) is 12.0. The van der Waals surface area contributed by atoms with E-state index < -0.39 is 20.9 Å². The van der Waals surface area contributed by atoms with Crippen LogP contribution in [0.3, 0.4) is 0 Å². The Morgan fingerprint density at radius 3 is 2.22 bits per heavy atom. The van der Waals surface area contributed by atoms with E-state index in [0.29, 0.717) is 0 Å². The van der Waals surface area contributed by atoms with E-state index in [1.807, 2.05) is 0 Å². The van der Waals surface area contributed by atoms with E-state index in [4.69, 9.17) is 0 Å². The van der Waals surface area contributed by atoms with Crippen LogP contribution in [-0.2, 0) is 0 Å². The van der Waals surface area contributed by atoms with Gasteiger partial charge in [0.15, 0.2) is 0 Å². The molecule has 2 heteroatoms. The summed E-state index contributed by atoms with van der Waals surface area (Å²) in [4.78, 5) is 0. The zero-order valence-corrected chi connectivity index (χ0v) is 10.2. The molecule has 1 aromatic rings. The maximum atomic E-state index is 3.56. The van der Waals surface area contributed by atoms with Gasteiger partial charge in [-0.2, -0.15) is 0 Å². The minimum absolute atomic E-state index is 0.431. The van der Waals surface area contributed by atoms with Gasteiger partial charge in [0.05, 0.1) is 0 Å². The maximum absolute atomic E-state index is 3.56. The first-order chi connectivity index (χ1) is 4.33. The molecule has 46 valence electrons. The van der Waals surface area contributed by atoms with E-state index in [1.165, 1.54) is 8.83 Å². The molecule has 2 radical (unpaired) electrons. The van der Waals surface area contributed by atoms with Gasteiger partial charge in [-0.15, -0.1) is 0 Å². The predicted molar refractivity (Wildman–Crippen MR) is 45.5 cm³/mol. The number of aryl methyl sites for hydroxylation is 1. The van der Waals surface area contributed by atoms with Crippen molar-refractivity contribution in [2.24, 2.45) is 0 Å². The Balaban J connectivity index is 2.88. The van der Waals surface area contributed by atoms with Crippen molar-refractivity contribution in [2.75, 3.05) is 0 Å². The summed E-state index contributed by atoms with van der Waals surface area (Å²) < 4.78 is 1.51. The molecule has 0 bridgehead atoms. The van der Waals surface area contributed by atoms with Crippen LogP contribution in [0.5, 0.6) is 0 Å². The molecule has 0 spiro atoms. The van der Waals surface area contributed by atoms with Crippen molar-refractivity contribution in [1.29, 1.82) is 0 Å². The Morgan fingerprint density at radius 1 is 1.22 bits per heavy atom. The minimum atomic E-state index is -0.431. The summed E-state index contributed by atoms with van der Waals surface area (Å²) in [6.07, 6.45) is 0. The third kappa shape index (κ3) is 2.35. The van der Waals surface area contributed by atoms with Crippen molar-refractivity contribution >= 4 is 36.4 Å². The SMILES string of the molecule is Cc1cc[c]([Bi+][Br])cc1. The van der Waals surface area contributed by atoms with Gasteiger partial charge >= 0.3 is 73.1 Å². The van der Waals surface area contributed by atoms with Crippen LogP contribution in [0, 0.1) is 6.92 Å². The second kappa shape index (κ2) is 3.68. The Kier molecular flexibility index (Phi) is 3.14. The Labute approximate surface area is 72.7 Å². The fourth-order valence-electron chi connectivity index (χ4n) is 0.601. The van der Waals surface area contributed by atoms with Crippen LogP contribution in [0.15, 0.2) is 24.3 Å². The van der Waals surface area contributed by atoms with Crippen molar-refractivity contribution in [2.45, 2.75) is 6.92 Å². The molecule has 0 atom stereocenters. The topological polar surface area (TPSA) is 0 Å². The Bertz CT molecular complexity index is 181. The molecule has 0 unspecified atom stereocenters. The summed E-state index contributed by atoms with van der Waals surface area (Å²) in [5.74, 6) is 0. The van der Waals surface area contributed by atoms with Gasteiger partial charge in [-0.05, 0) is 0 Å². The van der Waals surface area contributed by atoms with Crippen LogP contribution < -0.4 is 3.27 Å². The van der Waals surface area contributed by atoms with E-state index in [1.54, 1.807) is 0 Å². The van der Waals surface area contributed by atoms with Crippen LogP contribution in [0.25, 0.3) is 0 Å². The summed E-state index contributed by atoms with van der Waals surface area (Å²) in [6.45, 7) is 2.12. The zero-order chi connectivity index (χ0) is 6.69. The van der Waals surface area contributed by atoms with Crippen molar-refractivity contribution in [3.8, 4) is 0 Å². The van der Waals surface area contributed by atoms with Gasteiger partial charge in [0, 0.05) is 0 Å². The fourth-order valence-corrected chi connectivity index (χ4v) is 3.69. The first-order valence-electron chi connectivity index (χ1n) is 2.71. The average Bonchev–Trinajstić information content (AvgIpc) is 1.90. The second-order valence-corrected chi connectivity index (χ2v) is 7.70. The third-order valence-electron chi connectivity index (χ3n) is 1.13. The first kappa shape index (κ1) is 7.69. The molecule has 9 heavy (non-hydrogen) atoms. The molecule has 0 aliphatic rings. The molecular formula is C7H7BiBr+. The van der Waals surface area contributed by atoms with E-state index in [9.17, 15) is 0 Å². The van der Waals surface area contributed by atoms with Gasteiger partial charge in [0.25, 0.3) is 0 Å². The number of benzene rings is 1. The standard InChI is InChI=1S/C7H7.Bi.BrH/c1-7-5-3-2-4-6-7;;/h3-6H,1H3;;1H/q;+2;/p-1. The number of halogens is 1. The molecule has 0 saturated heterocycles. The van der Waals surface area contributed by atoms with Crippen molar-refractivity contribution in [3.05, 3.63) is 29.8 Å². The fraction of sp³-hybridized carbons (Fsp3) is 0.143. The van der Waals surface area contributed by atoms with Crippen molar-refractivity contribution in [3.63, 3.8) is 0 Å². The van der Waals surface area contributed by atoms with Crippen LogP contribution in [0.1, 0.15) is 5.56 Å². The molecular weight excluding hydrogens is 373 g/mol. The van der Waals surface area contributed by atoms with Gasteiger partial charge < -0.3 is 0 Å². The van der Waals surface area contributed by atoms with Crippen molar-refractivity contribution < 1.29 is 0 Å². The van der Waals surface area contributed by atoms with Crippen LogP contribution >= 0.6 is 12.2 Å². The van der Waals surface area contributed by atoms with Crippen LogP contribution in [0.4, 0.5) is 0 Å². The molecule has 0 nitrogen and oxygen atoms in total. The third-order valence-corrected chi connectivity index (χ3v) is 6.64. The molecule has 0 N–H and O–H groups in total. The average molecular weight is 380 g/mol. The van der Waals surface area contributed by atoms with Gasteiger partial charge in [0.2, 0.25) is 0 Å². The molecule has 1 rings (SSSR count). The van der Waals surface area contributed by atoms with E-state index >= 15 is 0 Å². The molecule has 0 saturated carbocycles. The molecule has 0 aliphatic carbocycles. The molecule has 0 aromatic heterocycles. The number of hydrogen-bond donors (Lipinski definition) is 0. The molecule has 0 heterocycles. The summed E-state index contributed by atoms with van der Waals surface area (Å²) in [7, 11) is 0. The molecule has 0 aliphatic heterocycles. The summed E-state index contributed by atoms with van der Waals surface area (Å²) in [5.41, 5.74) is 1.35. The zero-order valence-electron chi connectivity index (χ0n) is 5.13. The molecule has 1 aromatic carbocycles. The molecule has 0 fully saturated rings. The van der Waals surface area contributed by atoms with E-state index in [-0.39, 0.29) is 0 Å². The summed E-state index contributed by atoms with van der Waals surface area (Å²) in [5, 5.41) is 0. The summed E-state index contributed by atoms with van der Waals surface area (Å²) in [6, 6.07) is 8.75. The number of rotatable bonds is 1. The molecule has 0 amide bonds. The van der Waals surface area contributed by atoms with Gasteiger partial charge in [-0.25, -0.2) is 0 Å². The predicted octanol–water partition coefficient (Wildman–Crippen LogP) is 1.63. The van der Waals surface area contributed by atoms with Gasteiger partial charge in [0.1, 0.15) is 0 Å². The van der Waals surface area contributed by atoms with Crippen LogP contribution in [-0.4, -0.2) is 20.9 Å². The summed E-state index contributed by atoms with van der Waals surface area (Å²) >= 11 is 3.13.